The molecule has 20 heavy (non-hydrogen) atoms. The lowest BCUT2D eigenvalue weighted by Gasteiger charge is -2.28. The van der Waals surface area contributed by atoms with Crippen molar-refractivity contribution in [2.75, 3.05) is 6.54 Å². The highest BCUT2D eigenvalue weighted by Crippen LogP contribution is 2.33. The predicted octanol–water partition coefficient (Wildman–Crippen LogP) is 4.23. The van der Waals surface area contributed by atoms with Gasteiger partial charge in [-0.05, 0) is 36.6 Å². The minimum Gasteiger partial charge on any atom is -0.310 e. The number of hydrogen-bond donors (Lipinski definition) is 1. The summed E-state index contributed by atoms with van der Waals surface area (Å²) >= 11 is 0. The van der Waals surface area contributed by atoms with Crippen molar-refractivity contribution in [2.24, 2.45) is 0 Å². The summed E-state index contributed by atoms with van der Waals surface area (Å²) in [4.78, 5) is 4.36. The fourth-order valence-corrected chi connectivity index (χ4v) is 2.82. The number of likely N-dealkylation sites (N-methyl/N-ethyl adjacent to an activating group) is 1. The standard InChI is InChI=1S/C18H24N2/c1-4-17(15-9-7-6-8-10-15)18(20-5-2)16-11-14(3)12-19-13-16/h6-13,17-18,20H,4-5H2,1-3H3. The minimum absolute atomic E-state index is 0.319. The molecule has 0 fully saturated rings. The van der Waals surface area contributed by atoms with Gasteiger partial charge in [0.25, 0.3) is 0 Å². The van der Waals surface area contributed by atoms with Gasteiger partial charge in [0, 0.05) is 24.4 Å². The lowest BCUT2D eigenvalue weighted by atomic mass is 9.85. The van der Waals surface area contributed by atoms with E-state index in [0.717, 1.165) is 13.0 Å². The van der Waals surface area contributed by atoms with Crippen LogP contribution in [-0.2, 0) is 0 Å². The number of pyridine rings is 1. The summed E-state index contributed by atoms with van der Waals surface area (Å²) in [5, 5.41) is 3.64. The van der Waals surface area contributed by atoms with Gasteiger partial charge in [-0.25, -0.2) is 0 Å². The number of nitrogens with zero attached hydrogens (tertiary/aromatic N) is 1. The highest BCUT2D eigenvalue weighted by Gasteiger charge is 2.22. The molecule has 0 amide bonds. The van der Waals surface area contributed by atoms with Crippen LogP contribution in [-0.4, -0.2) is 11.5 Å². The van der Waals surface area contributed by atoms with E-state index in [1.807, 2.05) is 12.4 Å². The van der Waals surface area contributed by atoms with Crippen LogP contribution in [0.25, 0.3) is 0 Å². The molecule has 0 bridgehead atoms. The Morgan fingerprint density at radius 2 is 1.80 bits per heavy atom. The van der Waals surface area contributed by atoms with Crippen LogP contribution in [0.3, 0.4) is 0 Å². The summed E-state index contributed by atoms with van der Waals surface area (Å²) in [6.45, 7) is 7.48. The van der Waals surface area contributed by atoms with Gasteiger partial charge in [-0.1, -0.05) is 50.2 Å². The number of aromatic nitrogens is 1. The number of rotatable bonds is 6. The molecule has 0 saturated carbocycles. The quantitative estimate of drug-likeness (QED) is 0.848. The van der Waals surface area contributed by atoms with Crippen molar-refractivity contribution < 1.29 is 0 Å². The van der Waals surface area contributed by atoms with Crippen molar-refractivity contribution in [3.63, 3.8) is 0 Å². The molecule has 2 unspecified atom stereocenters. The lowest BCUT2D eigenvalue weighted by Crippen LogP contribution is -2.27. The van der Waals surface area contributed by atoms with Gasteiger partial charge in [-0.15, -0.1) is 0 Å². The first-order valence-corrected chi connectivity index (χ1v) is 7.46. The first-order valence-electron chi connectivity index (χ1n) is 7.46. The van der Waals surface area contributed by atoms with Gasteiger partial charge in [-0.2, -0.15) is 0 Å². The lowest BCUT2D eigenvalue weighted by molar-refractivity contribution is 0.444. The Kier molecular flexibility index (Phi) is 5.31. The maximum Gasteiger partial charge on any atom is 0.0404 e. The fourth-order valence-electron chi connectivity index (χ4n) is 2.82. The summed E-state index contributed by atoms with van der Waals surface area (Å²) in [5.41, 5.74) is 3.89. The van der Waals surface area contributed by atoms with Crippen LogP contribution in [0.5, 0.6) is 0 Å². The second-order valence-electron chi connectivity index (χ2n) is 5.26. The van der Waals surface area contributed by atoms with Crippen molar-refractivity contribution in [1.29, 1.82) is 0 Å². The van der Waals surface area contributed by atoms with E-state index in [1.165, 1.54) is 16.7 Å². The van der Waals surface area contributed by atoms with E-state index in [2.05, 4.69) is 67.5 Å². The van der Waals surface area contributed by atoms with E-state index >= 15 is 0 Å². The molecule has 2 aromatic rings. The van der Waals surface area contributed by atoms with Gasteiger partial charge in [0.1, 0.15) is 0 Å². The van der Waals surface area contributed by atoms with Crippen LogP contribution in [0, 0.1) is 6.92 Å². The predicted molar refractivity (Wildman–Crippen MR) is 84.9 cm³/mol. The molecular formula is C18H24N2. The molecule has 2 nitrogen and oxygen atoms in total. The molecule has 1 aromatic carbocycles. The molecule has 1 N–H and O–H groups in total. The number of aryl methyl sites for hydroxylation is 1. The van der Waals surface area contributed by atoms with Gasteiger partial charge >= 0.3 is 0 Å². The maximum atomic E-state index is 4.36. The van der Waals surface area contributed by atoms with Crippen LogP contribution >= 0.6 is 0 Å². The first kappa shape index (κ1) is 14.7. The van der Waals surface area contributed by atoms with E-state index in [1.54, 1.807) is 0 Å². The van der Waals surface area contributed by atoms with Crippen LogP contribution in [0.4, 0.5) is 0 Å². The molecule has 0 aliphatic carbocycles. The summed E-state index contributed by atoms with van der Waals surface area (Å²) in [7, 11) is 0. The molecule has 1 heterocycles. The fraction of sp³-hybridized carbons (Fsp3) is 0.389. The Bertz CT molecular complexity index is 522. The van der Waals surface area contributed by atoms with Gasteiger partial charge in [0.15, 0.2) is 0 Å². The highest BCUT2D eigenvalue weighted by atomic mass is 14.9. The molecule has 0 saturated heterocycles. The van der Waals surface area contributed by atoms with Crippen LogP contribution < -0.4 is 5.32 Å². The Balaban J connectivity index is 2.35. The van der Waals surface area contributed by atoms with Crippen molar-refractivity contribution in [2.45, 2.75) is 39.2 Å². The Labute approximate surface area is 122 Å². The average Bonchev–Trinajstić information content (AvgIpc) is 2.48. The van der Waals surface area contributed by atoms with Gasteiger partial charge < -0.3 is 5.32 Å². The molecular weight excluding hydrogens is 244 g/mol. The Morgan fingerprint density at radius 1 is 1.05 bits per heavy atom. The maximum absolute atomic E-state index is 4.36. The molecule has 2 rings (SSSR count). The third-order valence-corrected chi connectivity index (χ3v) is 3.75. The van der Waals surface area contributed by atoms with Gasteiger partial charge in [0.2, 0.25) is 0 Å². The number of benzene rings is 1. The third kappa shape index (κ3) is 3.45. The van der Waals surface area contributed by atoms with Gasteiger partial charge in [-0.3, -0.25) is 4.98 Å². The minimum atomic E-state index is 0.319. The number of nitrogens with one attached hydrogen (secondary N) is 1. The molecule has 106 valence electrons. The monoisotopic (exact) mass is 268 g/mol. The van der Waals surface area contributed by atoms with Crippen molar-refractivity contribution in [1.82, 2.24) is 10.3 Å². The van der Waals surface area contributed by atoms with Crippen LogP contribution in [0.2, 0.25) is 0 Å². The average molecular weight is 268 g/mol. The normalized spacial score (nSPS) is 13.9. The third-order valence-electron chi connectivity index (χ3n) is 3.75. The first-order chi connectivity index (χ1) is 9.76. The summed E-state index contributed by atoms with van der Waals surface area (Å²) in [5.74, 6) is 0.472. The number of hydrogen-bond acceptors (Lipinski definition) is 2. The molecule has 0 aliphatic heterocycles. The van der Waals surface area contributed by atoms with E-state index in [0.29, 0.717) is 12.0 Å². The Hall–Kier alpha value is -1.67. The van der Waals surface area contributed by atoms with Gasteiger partial charge in [0.05, 0.1) is 0 Å². The van der Waals surface area contributed by atoms with E-state index in [9.17, 15) is 0 Å². The smallest absolute Gasteiger partial charge is 0.0404 e. The van der Waals surface area contributed by atoms with E-state index < -0.39 is 0 Å². The highest BCUT2D eigenvalue weighted by molar-refractivity contribution is 5.28. The molecule has 0 radical (unpaired) electrons. The Morgan fingerprint density at radius 3 is 2.40 bits per heavy atom. The SMILES string of the molecule is CCNC(c1cncc(C)c1)C(CC)c1ccccc1. The van der Waals surface area contributed by atoms with E-state index in [4.69, 9.17) is 0 Å². The molecule has 0 aliphatic rings. The molecule has 0 spiro atoms. The largest absolute Gasteiger partial charge is 0.310 e. The van der Waals surface area contributed by atoms with Crippen molar-refractivity contribution in [3.05, 3.63) is 65.5 Å². The van der Waals surface area contributed by atoms with Crippen molar-refractivity contribution in [3.8, 4) is 0 Å². The summed E-state index contributed by atoms with van der Waals surface area (Å²) < 4.78 is 0. The summed E-state index contributed by atoms with van der Waals surface area (Å²) in [6.07, 6.45) is 5.01. The van der Waals surface area contributed by atoms with Crippen molar-refractivity contribution >= 4 is 0 Å². The molecule has 1 aromatic heterocycles. The molecule has 2 heteroatoms. The summed E-state index contributed by atoms with van der Waals surface area (Å²) in [6, 6.07) is 13.3. The van der Waals surface area contributed by atoms with E-state index in [-0.39, 0.29) is 0 Å². The zero-order chi connectivity index (χ0) is 14.4. The second kappa shape index (κ2) is 7.20. The van der Waals surface area contributed by atoms with Crippen LogP contribution in [0.15, 0.2) is 48.8 Å². The molecule has 2 atom stereocenters. The topological polar surface area (TPSA) is 24.9 Å². The zero-order valence-electron chi connectivity index (χ0n) is 12.6. The zero-order valence-corrected chi connectivity index (χ0v) is 12.6. The second-order valence-corrected chi connectivity index (χ2v) is 5.26. The van der Waals surface area contributed by atoms with Crippen LogP contribution in [0.1, 0.15) is 48.9 Å².